The molecule has 0 amide bonds. The Morgan fingerprint density at radius 1 is 1.43 bits per heavy atom. The van der Waals surface area contributed by atoms with Gasteiger partial charge in [-0.25, -0.2) is 0 Å². The number of carbonyl (C=O) groups excluding carboxylic acids is 2. The van der Waals surface area contributed by atoms with Gasteiger partial charge in [-0.2, -0.15) is 0 Å². The molecule has 0 aromatic carbocycles. The predicted molar refractivity (Wildman–Crippen MR) is 48.3 cm³/mol. The molecule has 4 nitrogen and oxygen atoms in total. The fraction of sp³-hybridized carbons (Fsp3) is 0.500. The van der Waals surface area contributed by atoms with Crippen molar-refractivity contribution in [3.05, 3.63) is 18.4 Å². The van der Waals surface area contributed by atoms with Crippen LogP contribution in [0.4, 0.5) is 0 Å². The molecular formula is C10H12O4. The normalized spacial score (nSPS) is 21.7. The summed E-state index contributed by atoms with van der Waals surface area (Å²) in [7, 11) is 2.50. The maximum absolute atomic E-state index is 11.4. The molecule has 14 heavy (non-hydrogen) atoms. The summed E-state index contributed by atoms with van der Waals surface area (Å²) < 4.78 is 9.14. The van der Waals surface area contributed by atoms with Crippen molar-refractivity contribution >= 4 is 11.9 Å². The standard InChI is InChI=1S/C10H12O4/c1-4-5-7-6-10(7,8(11)13-2)9(12)14-3/h5,7H,1,6H2,2-3H3. The Morgan fingerprint density at radius 3 is 2.29 bits per heavy atom. The molecule has 1 aliphatic carbocycles. The summed E-state index contributed by atoms with van der Waals surface area (Å²) in [5.74, 6) is -1.30. The van der Waals surface area contributed by atoms with Crippen molar-refractivity contribution < 1.29 is 19.1 Å². The molecule has 0 heterocycles. The van der Waals surface area contributed by atoms with Gasteiger partial charge in [0, 0.05) is 5.92 Å². The van der Waals surface area contributed by atoms with Crippen molar-refractivity contribution in [1.29, 1.82) is 0 Å². The van der Waals surface area contributed by atoms with Gasteiger partial charge in [-0.1, -0.05) is 6.58 Å². The molecule has 0 aliphatic heterocycles. The van der Waals surface area contributed by atoms with Gasteiger partial charge in [0.2, 0.25) is 0 Å². The summed E-state index contributed by atoms with van der Waals surface area (Å²) in [4.78, 5) is 22.8. The fourth-order valence-corrected chi connectivity index (χ4v) is 1.55. The minimum Gasteiger partial charge on any atom is -0.468 e. The Balaban J connectivity index is 2.91. The van der Waals surface area contributed by atoms with Gasteiger partial charge >= 0.3 is 11.9 Å². The molecule has 1 atom stereocenters. The molecule has 0 spiro atoms. The Labute approximate surface area is 82.2 Å². The van der Waals surface area contributed by atoms with Crippen molar-refractivity contribution in [3.63, 3.8) is 0 Å². The van der Waals surface area contributed by atoms with Crippen LogP contribution in [0.2, 0.25) is 0 Å². The smallest absolute Gasteiger partial charge is 0.323 e. The lowest BCUT2D eigenvalue weighted by Crippen LogP contribution is -2.30. The van der Waals surface area contributed by atoms with Crippen molar-refractivity contribution in [2.24, 2.45) is 11.3 Å². The molecule has 4 heteroatoms. The van der Waals surface area contributed by atoms with Gasteiger partial charge in [0.25, 0.3) is 0 Å². The van der Waals surface area contributed by atoms with Crippen molar-refractivity contribution in [1.82, 2.24) is 0 Å². The van der Waals surface area contributed by atoms with Crippen LogP contribution in [0.1, 0.15) is 6.42 Å². The number of hydrogen-bond acceptors (Lipinski definition) is 4. The van der Waals surface area contributed by atoms with E-state index in [2.05, 4.69) is 21.8 Å². The lowest BCUT2D eigenvalue weighted by atomic mass is 10.0. The molecule has 1 aliphatic rings. The van der Waals surface area contributed by atoms with Crippen LogP contribution in [0.25, 0.3) is 0 Å². The lowest BCUT2D eigenvalue weighted by Gasteiger charge is -2.10. The van der Waals surface area contributed by atoms with E-state index >= 15 is 0 Å². The first-order valence-electron chi connectivity index (χ1n) is 4.16. The van der Waals surface area contributed by atoms with Crippen LogP contribution in [-0.4, -0.2) is 26.2 Å². The Hall–Kier alpha value is -1.54. The average Bonchev–Trinajstić information content (AvgIpc) is 2.92. The number of allylic oxidation sites excluding steroid dienone is 1. The third-order valence-electron chi connectivity index (χ3n) is 2.43. The second-order valence-electron chi connectivity index (χ2n) is 3.14. The maximum atomic E-state index is 11.4. The Bertz CT molecular complexity index is 296. The summed E-state index contributed by atoms with van der Waals surface area (Å²) in [6.07, 6.45) is 2.00. The maximum Gasteiger partial charge on any atom is 0.323 e. The van der Waals surface area contributed by atoms with Crippen LogP contribution in [-0.2, 0) is 19.1 Å². The molecule has 0 saturated heterocycles. The fourth-order valence-electron chi connectivity index (χ4n) is 1.55. The zero-order valence-corrected chi connectivity index (χ0v) is 8.20. The molecule has 76 valence electrons. The average molecular weight is 196 g/mol. The first-order chi connectivity index (χ1) is 6.63. The number of carbonyl (C=O) groups is 2. The second-order valence-corrected chi connectivity index (χ2v) is 3.14. The van der Waals surface area contributed by atoms with Crippen molar-refractivity contribution in [2.45, 2.75) is 6.42 Å². The van der Waals surface area contributed by atoms with Crippen molar-refractivity contribution in [2.75, 3.05) is 14.2 Å². The highest BCUT2D eigenvalue weighted by molar-refractivity contribution is 6.04. The summed E-state index contributed by atoms with van der Waals surface area (Å²) in [5, 5.41) is 0. The summed E-state index contributed by atoms with van der Waals surface area (Å²) >= 11 is 0. The molecule has 0 aromatic rings. The van der Waals surface area contributed by atoms with Gasteiger partial charge in [0.05, 0.1) is 14.2 Å². The number of esters is 2. The minimum absolute atomic E-state index is 0.195. The summed E-state index contributed by atoms with van der Waals surface area (Å²) in [5.41, 5.74) is 1.41. The number of hydrogen-bond donors (Lipinski definition) is 0. The highest BCUT2D eigenvalue weighted by Crippen LogP contribution is 2.55. The number of methoxy groups -OCH3 is 2. The highest BCUT2D eigenvalue weighted by Gasteiger charge is 2.67. The topological polar surface area (TPSA) is 52.6 Å². The molecule has 1 unspecified atom stereocenters. The van der Waals surface area contributed by atoms with Crippen LogP contribution in [0.5, 0.6) is 0 Å². The number of ether oxygens (including phenoxy) is 2. The van der Waals surface area contributed by atoms with Crippen molar-refractivity contribution in [3.8, 4) is 0 Å². The Morgan fingerprint density at radius 2 is 1.93 bits per heavy atom. The van der Waals surface area contributed by atoms with Crippen LogP contribution in [0, 0.1) is 11.3 Å². The van der Waals surface area contributed by atoms with Crippen LogP contribution >= 0.6 is 0 Å². The van der Waals surface area contributed by atoms with Gasteiger partial charge in [-0.3, -0.25) is 9.59 Å². The van der Waals surface area contributed by atoms with E-state index in [0.29, 0.717) is 6.42 Å². The molecule has 0 radical (unpaired) electrons. The zero-order valence-electron chi connectivity index (χ0n) is 8.20. The predicted octanol–water partition coefficient (Wildman–Crippen LogP) is 0.680. The first-order valence-corrected chi connectivity index (χ1v) is 4.16. The monoisotopic (exact) mass is 196 g/mol. The molecule has 1 fully saturated rings. The summed E-state index contributed by atoms with van der Waals surface area (Å²) in [6.45, 7) is 3.39. The van der Waals surface area contributed by atoms with E-state index in [1.54, 1.807) is 6.08 Å². The van der Waals surface area contributed by atoms with Gasteiger partial charge in [-0.15, -0.1) is 5.73 Å². The third-order valence-corrected chi connectivity index (χ3v) is 2.43. The van der Waals surface area contributed by atoms with E-state index in [4.69, 9.17) is 0 Å². The van der Waals surface area contributed by atoms with Gasteiger partial charge < -0.3 is 9.47 Å². The van der Waals surface area contributed by atoms with E-state index in [0.717, 1.165) is 0 Å². The minimum atomic E-state index is -1.14. The van der Waals surface area contributed by atoms with E-state index in [-0.39, 0.29) is 5.92 Å². The molecule has 1 saturated carbocycles. The Kier molecular flexibility index (Phi) is 2.77. The van der Waals surface area contributed by atoms with Gasteiger partial charge in [0.1, 0.15) is 0 Å². The SMILES string of the molecule is C=C=CC1CC1(C(=O)OC)C(=O)OC. The molecule has 0 aromatic heterocycles. The quantitative estimate of drug-likeness (QED) is 0.378. The van der Waals surface area contributed by atoms with E-state index in [1.165, 1.54) is 14.2 Å². The van der Waals surface area contributed by atoms with E-state index in [1.807, 2.05) is 0 Å². The first kappa shape index (κ1) is 10.5. The number of rotatable bonds is 3. The second kappa shape index (κ2) is 3.68. The molecule has 0 bridgehead atoms. The highest BCUT2D eigenvalue weighted by atomic mass is 16.5. The molecule has 1 rings (SSSR count). The van der Waals surface area contributed by atoms with Crippen LogP contribution < -0.4 is 0 Å². The lowest BCUT2D eigenvalue weighted by molar-refractivity contribution is -0.161. The largest absolute Gasteiger partial charge is 0.468 e. The van der Waals surface area contributed by atoms with Gasteiger partial charge in [-0.05, 0) is 12.5 Å². The third kappa shape index (κ3) is 1.34. The zero-order chi connectivity index (χ0) is 10.8. The van der Waals surface area contributed by atoms with Crippen LogP contribution in [0.3, 0.4) is 0 Å². The van der Waals surface area contributed by atoms with Crippen LogP contribution in [0.15, 0.2) is 18.4 Å². The summed E-state index contributed by atoms with van der Waals surface area (Å²) in [6, 6.07) is 0. The van der Waals surface area contributed by atoms with E-state index in [9.17, 15) is 9.59 Å². The van der Waals surface area contributed by atoms with Gasteiger partial charge in [0.15, 0.2) is 5.41 Å². The van der Waals surface area contributed by atoms with E-state index < -0.39 is 17.4 Å². The molecular weight excluding hydrogens is 184 g/mol. The molecule has 0 N–H and O–H groups in total.